The van der Waals surface area contributed by atoms with Crippen molar-refractivity contribution in [1.82, 2.24) is 4.90 Å². The van der Waals surface area contributed by atoms with Crippen LogP contribution in [0.4, 0.5) is 0 Å². The molecule has 0 aromatic heterocycles. The van der Waals surface area contributed by atoms with E-state index in [9.17, 15) is 5.11 Å². The fourth-order valence-corrected chi connectivity index (χ4v) is 3.42. The number of hydrogen-bond donors (Lipinski definition) is 1. The molecule has 1 aromatic rings. The number of aliphatic hydroxyl groups is 1. The molecule has 20 heavy (non-hydrogen) atoms. The minimum absolute atomic E-state index is 0.289. The average molecular weight is 273 g/mol. The van der Waals surface area contributed by atoms with Crippen LogP contribution in [0.3, 0.4) is 0 Å². The summed E-state index contributed by atoms with van der Waals surface area (Å²) in [6.45, 7) is 2.85. The van der Waals surface area contributed by atoms with Gasteiger partial charge in [-0.2, -0.15) is 0 Å². The van der Waals surface area contributed by atoms with E-state index in [2.05, 4.69) is 23.1 Å². The Labute approximate surface area is 120 Å². The van der Waals surface area contributed by atoms with Gasteiger partial charge < -0.3 is 14.7 Å². The largest absolute Gasteiger partial charge is 0.396 e. The summed E-state index contributed by atoms with van der Waals surface area (Å²) < 4.78 is 5.80. The molecule has 2 heterocycles. The van der Waals surface area contributed by atoms with Crippen LogP contribution in [-0.4, -0.2) is 35.8 Å². The smallest absolute Gasteiger partial charge is 0.0716 e. The van der Waals surface area contributed by atoms with Gasteiger partial charge in [-0.15, -0.1) is 0 Å². The van der Waals surface area contributed by atoms with Crippen LogP contribution in [0.5, 0.6) is 0 Å². The number of hydrogen-bond acceptors (Lipinski definition) is 3. The Balaban J connectivity index is 1.47. The van der Waals surface area contributed by atoms with E-state index in [1.807, 2.05) is 18.2 Å². The minimum Gasteiger partial charge on any atom is -0.396 e. The highest BCUT2D eigenvalue weighted by Gasteiger charge is 2.37. The molecule has 0 radical (unpaired) electrons. The molecule has 2 aliphatic heterocycles. The van der Waals surface area contributed by atoms with E-state index >= 15 is 0 Å². The number of allylic oxidation sites excluding steroid dienone is 1. The molecule has 2 atom stereocenters. The van der Waals surface area contributed by atoms with Crippen molar-refractivity contribution in [2.75, 3.05) is 19.8 Å². The quantitative estimate of drug-likeness (QED) is 0.809. The molecule has 0 unspecified atom stereocenters. The predicted octanol–water partition coefficient (Wildman–Crippen LogP) is 2.56. The van der Waals surface area contributed by atoms with Crippen molar-refractivity contribution in [2.24, 2.45) is 5.92 Å². The van der Waals surface area contributed by atoms with E-state index in [4.69, 9.17) is 4.74 Å². The van der Waals surface area contributed by atoms with E-state index < -0.39 is 0 Å². The van der Waals surface area contributed by atoms with E-state index in [1.54, 1.807) is 0 Å². The molecule has 0 saturated carbocycles. The lowest BCUT2D eigenvalue weighted by Gasteiger charge is -2.27. The van der Waals surface area contributed by atoms with Gasteiger partial charge in [-0.05, 0) is 24.8 Å². The molecule has 1 N–H and O–H groups in total. The molecular weight excluding hydrogens is 250 g/mol. The van der Waals surface area contributed by atoms with Crippen LogP contribution in [-0.2, 0) is 11.3 Å². The van der Waals surface area contributed by atoms with Gasteiger partial charge in [-0.3, -0.25) is 0 Å². The molecule has 1 fully saturated rings. The maximum Gasteiger partial charge on any atom is 0.0716 e. The van der Waals surface area contributed by atoms with Crippen molar-refractivity contribution in [3.8, 4) is 0 Å². The van der Waals surface area contributed by atoms with Gasteiger partial charge in [0.15, 0.2) is 0 Å². The van der Waals surface area contributed by atoms with Crippen LogP contribution in [0, 0.1) is 5.92 Å². The third-order valence-corrected chi connectivity index (χ3v) is 4.44. The fraction of sp³-hybridized carbons (Fsp3) is 0.529. The molecule has 108 valence electrons. The SMILES string of the molecule is OC[C@@H]1CC2=CCCN2[C@@H]1CCOCc1ccccc1. The summed E-state index contributed by atoms with van der Waals surface area (Å²) in [6, 6.07) is 10.7. The second-order valence-corrected chi connectivity index (χ2v) is 5.72. The third-order valence-electron chi connectivity index (χ3n) is 4.44. The summed E-state index contributed by atoms with van der Waals surface area (Å²) in [4.78, 5) is 2.48. The molecule has 2 aliphatic rings. The lowest BCUT2D eigenvalue weighted by atomic mass is 9.98. The summed E-state index contributed by atoms with van der Waals surface area (Å²) in [5.74, 6) is 0.391. The van der Waals surface area contributed by atoms with Crippen LogP contribution in [0.1, 0.15) is 24.8 Å². The van der Waals surface area contributed by atoms with Gasteiger partial charge in [-0.25, -0.2) is 0 Å². The Bertz CT molecular complexity index is 457. The van der Waals surface area contributed by atoms with Crippen LogP contribution in [0.25, 0.3) is 0 Å². The van der Waals surface area contributed by atoms with E-state index in [0.717, 1.165) is 32.4 Å². The van der Waals surface area contributed by atoms with Gasteiger partial charge in [0.05, 0.1) is 6.61 Å². The molecule has 0 bridgehead atoms. The normalized spacial score (nSPS) is 24.9. The first kappa shape index (κ1) is 13.7. The second-order valence-electron chi connectivity index (χ2n) is 5.72. The zero-order valence-corrected chi connectivity index (χ0v) is 11.9. The van der Waals surface area contributed by atoms with Crippen LogP contribution in [0.15, 0.2) is 42.1 Å². The first-order chi connectivity index (χ1) is 9.88. The molecular formula is C17H23NO2. The van der Waals surface area contributed by atoms with Gasteiger partial charge in [-0.1, -0.05) is 36.4 Å². The van der Waals surface area contributed by atoms with Gasteiger partial charge in [0.1, 0.15) is 0 Å². The van der Waals surface area contributed by atoms with Gasteiger partial charge >= 0.3 is 0 Å². The zero-order chi connectivity index (χ0) is 13.8. The first-order valence-corrected chi connectivity index (χ1v) is 7.56. The zero-order valence-electron chi connectivity index (χ0n) is 11.9. The third kappa shape index (κ3) is 2.89. The van der Waals surface area contributed by atoms with Crippen molar-refractivity contribution in [2.45, 2.75) is 31.9 Å². The minimum atomic E-state index is 0.289. The van der Waals surface area contributed by atoms with Crippen molar-refractivity contribution in [3.63, 3.8) is 0 Å². The first-order valence-electron chi connectivity index (χ1n) is 7.56. The maximum atomic E-state index is 9.53. The molecule has 3 rings (SSSR count). The number of fused-ring (bicyclic) bond motifs is 1. The molecule has 1 aromatic carbocycles. The highest BCUT2D eigenvalue weighted by Crippen LogP contribution is 2.37. The Morgan fingerprint density at radius 2 is 2.10 bits per heavy atom. The molecule has 1 saturated heterocycles. The Morgan fingerprint density at radius 1 is 1.25 bits per heavy atom. The van der Waals surface area contributed by atoms with E-state index in [1.165, 1.54) is 11.3 Å². The summed E-state index contributed by atoms with van der Waals surface area (Å²) in [5, 5.41) is 9.53. The molecule has 3 nitrogen and oxygen atoms in total. The maximum absolute atomic E-state index is 9.53. The number of benzene rings is 1. The van der Waals surface area contributed by atoms with Crippen LogP contribution < -0.4 is 0 Å². The number of rotatable bonds is 6. The van der Waals surface area contributed by atoms with Gasteiger partial charge in [0, 0.05) is 37.4 Å². The Kier molecular flexibility index (Phi) is 4.38. The summed E-state index contributed by atoms with van der Waals surface area (Å²) in [5.41, 5.74) is 2.66. The average Bonchev–Trinajstić information content (AvgIpc) is 3.06. The topological polar surface area (TPSA) is 32.7 Å². The standard InChI is InChI=1S/C17H23NO2/c19-12-15-11-16-7-4-9-18(16)17(15)8-10-20-13-14-5-2-1-3-6-14/h1-3,5-7,15,17,19H,4,8-13H2/t15-,17+/m0/s1. The van der Waals surface area contributed by atoms with Gasteiger partial charge in [0.2, 0.25) is 0 Å². The molecule has 0 amide bonds. The second kappa shape index (κ2) is 6.42. The van der Waals surface area contributed by atoms with Crippen LogP contribution in [0.2, 0.25) is 0 Å². The van der Waals surface area contributed by atoms with Crippen molar-refractivity contribution >= 4 is 0 Å². The van der Waals surface area contributed by atoms with Crippen molar-refractivity contribution < 1.29 is 9.84 Å². The molecule has 3 heteroatoms. The lowest BCUT2D eigenvalue weighted by molar-refractivity contribution is 0.0858. The summed E-state index contributed by atoms with van der Waals surface area (Å²) in [7, 11) is 0. The number of aliphatic hydroxyl groups excluding tert-OH is 1. The number of ether oxygens (including phenoxy) is 1. The van der Waals surface area contributed by atoms with E-state index in [-0.39, 0.29) is 6.61 Å². The monoisotopic (exact) mass is 273 g/mol. The Hall–Kier alpha value is -1.32. The number of nitrogens with zero attached hydrogens (tertiary/aromatic N) is 1. The molecule has 0 aliphatic carbocycles. The fourth-order valence-electron chi connectivity index (χ4n) is 3.42. The highest BCUT2D eigenvalue weighted by atomic mass is 16.5. The summed E-state index contributed by atoms with van der Waals surface area (Å²) >= 11 is 0. The van der Waals surface area contributed by atoms with Crippen LogP contribution >= 0.6 is 0 Å². The van der Waals surface area contributed by atoms with Crippen molar-refractivity contribution in [3.05, 3.63) is 47.7 Å². The lowest BCUT2D eigenvalue weighted by Crippen LogP contribution is -2.33. The Morgan fingerprint density at radius 3 is 2.90 bits per heavy atom. The van der Waals surface area contributed by atoms with Gasteiger partial charge in [0.25, 0.3) is 0 Å². The predicted molar refractivity (Wildman–Crippen MR) is 79.1 cm³/mol. The van der Waals surface area contributed by atoms with Crippen molar-refractivity contribution in [1.29, 1.82) is 0 Å². The summed E-state index contributed by atoms with van der Waals surface area (Å²) in [6.07, 6.45) is 5.54. The molecule has 0 spiro atoms. The van der Waals surface area contributed by atoms with E-state index in [0.29, 0.717) is 18.6 Å². The highest BCUT2D eigenvalue weighted by molar-refractivity contribution is 5.17.